The molecule has 1 atom stereocenters. The van der Waals surface area contributed by atoms with Crippen LogP contribution in [0, 0.1) is 0 Å². The molecule has 1 N–H and O–H groups in total. The maximum absolute atomic E-state index is 13.4. The summed E-state index contributed by atoms with van der Waals surface area (Å²) in [6.45, 7) is 1.11. The predicted octanol–water partition coefficient (Wildman–Crippen LogP) is 2.29. The largest absolute Gasteiger partial charge is 0.497 e. The number of nitrogens with zero attached hydrogens (tertiary/aromatic N) is 2. The molecule has 0 saturated carbocycles. The van der Waals surface area contributed by atoms with Crippen LogP contribution >= 0.6 is 11.6 Å². The number of sulfonamides is 1. The molecule has 0 saturated heterocycles. The topological polar surface area (TPSA) is 105 Å². The van der Waals surface area contributed by atoms with Crippen molar-refractivity contribution in [1.82, 2.24) is 10.2 Å². The number of rotatable bonds is 10. The fourth-order valence-electron chi connectivity index (χ4n) is 3.16. The summed E-state index contributed by atoms with van der Waals surface area (Å²) in [5.74, 6) is -0.320. The van der Waals surface area contributed by atoms with E-state index in [0.29, 0.717) is 10.8 Å². The highest BCUT2D eigenvalue weighted by molar-refractivity contribution is 7.92. The Bertz CT molecular complexity index is 1090. The maximum atomic E-state index is 13.4. The first-order valence-electron chi connectivity index (χ1n) is 9.97. The normalized spacial score (nSPS) is 11.9. The van der Waals surface area contributed by atoms with E-state index in [-0.39, 0.29) is 23.9 Å². The number of nitrogens with one attached hydrogen (secondary N) is 1. The number of benzene rings is 2. The van der Waals surface area contributed by atoms with Gasteiger partial charge in [-0.3, -0.25) is 13.9 Å². The average Bonchev–Trinajstić information content (AvgIpc) is 2.79. The van der Waals surface area contributed by atoms with Crippen LogP contribution in [0.15, 0.2) is 42.5 Å². The second-order valence-corrected chi connectivity index (χ2v) is 9.59. The number of hydrogen-bond acceptors (Lipinski definition) is 6. The number of anilines is 1. The fourth-order valence-corrected chi connectivity index (χ4v) is 4.14. The van der Waals surface area contributed by atoms with E-state index in [2.05, 4.69) is 5.32 Å². The van der Waals surface area contributed by atoms with Gasteiger partial charge in [0.2, 0.25) is 21.8 Å². The number of carbonyl (C=O) groups is 2. The molecule has 33 heavy (non-hydrogen) atoms. The summed E-state index contributed by atoms with van der Waals surface area (Å²) in [5.41, 5.74) is 0.875. The summed E-state index contributed by atoms with van der Waals surface area (Å²) in [6.07, 6.45) is 0.991. The third-order valence-corrected chi connectivity index (χ3v) is 6.39. The van der Waals surface area contributed by atoms with Crippen LogP contribution in [0.5, 0.6) is 11.5 Å². The Hall–Kier alpha value is -2.98. The molecule has 1 unspecified atom stereocenters. The van der Waals surface area contributed by atoms with Gasteiger partial charge in [-0.15, -0.1) is 0 Å². The monoisotopic (exact) mass is 497 g/mol. The number of methoxy groups -OCH3 is 2. The molecule has 0 aliphatic rings. The number of ether oxygens (including phenoxy) is 2. The zero-order chi connectivity index (χ0) is 24.8. The van der Waals surface area contributed by atoms with E-state index in [0.717, 1.165) is 16.1 Å². The maximum Gasteiger partial charge on any atom is 0.244 e. The van der Waals surface area contributed by atoms with E-state index in [4.69, 9.17) is 21.1 Å². The molecule has 0 spiro atoms. The molecule has 11 heteroatoms. The lowest BCUT2D eigenvalue weighted by molar-refractivity contribution is -0.139. The van der Waals surface area contributed by atoms with Crippen LogP contribution in [0.3, 0.4) is 0 Å². The summed E-state index contributed by atoms with van der Waals surface area (Å²) in [5, 5.41) is 3.05. The highest BCUT2D eigenvalue weighted by Crippen LogP contribution is 2.34. The first-order valence-corrected chi connectivity index (χ1v) is 12.2. The number of halogens is 1. The third kappa shape index (κ3) is 6.75. The van der Waals surface area contributed by atoms with Gasteiger partial charge >= 0.3 is 0 Å². The average molecular weight is 498 g/mol. The van der Waals surface area contributed by atoms with Crippen molar-refractivity contribution in [3.8, 4) is 11.5 Å². The number of hydrogen-bond donors (Lipinski definition) is 1. The van der Waals surface area contributed by atoms with Crippen molar-refractivity contribution in [3.05, 3.63) is 53.1 Å². The minimum absolute atomic E-state index is 0.0808. The molecule has 2 aromatic carbocycles. The van der Waals surface area contributed by atoms with Gasteiger partial charge in [-0.05, 0) is 36.8 Å². The van der Waals surface area contributed by atoms with Crippen LogP contribution in [0.2, 0.25) is 5.02 Å². The van der Waals surface area contributed by atoms with Gasteiger partial charge in [-0.25, -0.2) is 8.42 Å². The molecule has 0 aliphatic carbocycles. The summed E-state index contributed by atoms with van der Waals surface area (Å²) in [6, 6.07) is 10.6. The fraction of sp³-hybridized carbons (Fsp3) is 0.364. The van der Waals surface area contributed by atoms with Gasteiger partial charge in [0.15, 0.2) is 0 Å². The summed E-state index contributed by atoms with van der Waals surface area (Å²) >= 11 is 5.95. The van der Waals surface area contributed by atoms with Crippen molar-refractivity contribution >= 4 is 39.1 Å². The summed E-state index contributed by atoms with van der Waals surface area (Å²) in [7, 11) is 0.406. The highest BCUT2D eigenvalue weighted by Gasteiger charge is 2.31. The lowest BCUT2D eigenvalue weighted by atomic mass is 10.1. The van der Waals surface area contributed by atoms with E-state index in [1.807, 2.05) is 0 Å². The van der Waals surface area contributed by atoms with Crippen LogP contribution in [0.4, 0.5) is 5.69 Å². The molecule has 180 valence electrons. The molecule has 0 aliphatic heterocycles. The van der Waals surface area contributed by atoms with Crippen LogP contribution in [-0.2, 0) is 26.2 Å². The van der Waals surface area contributed by atoms with Crippen LogP contribution in [0.25, 0.3) is 0 Å². The van der Waals surface area contributed by atoms with Gasteiger partial charge in [-0.2, -0.15) is 0 Å². The van der Waals surface area contributed by atoms with Gasteiger partial charge in [0.25, 0.3) is 0 Å². The van der Waals surface area contributed by atoms with Crippen molar-refractivity contribution in [3.63, 3.8) is 0 Å². The highest BCUT2D eigenvalue weighted by atomic mass is 35.5. The van der Waals surface area contributed by atoms with E-state index in [1.165, 1.54) is 32.2 Å². The molecule has 9 nitrogen and oxygen atoms in total. The van der Waals surface area contributed by atoms with Gasteiger partial charge in [0.1, 0.15) is 24.1 Å². The second kappa shape index (κ2) is 11.2. The zero-order valence-electron chi connectivity index (χ0n) is 19.2. The van der Waals surface area contributed by atoms with E-state index in [9.17, 15) is 18.0 Å². The number of amides is 2. The number of likely N-dealkylation sites (N-methyl/N-ethyl adjacent to an activating group) is 1. The second-order valence-electron chi connectivity index (χ2n) is 7.25. The standard InChI is InChI=1S/C22H28ClN3O6S/c1-15(22(28)24-2)25(13-16-6-8-17(23)9-7-16)21(27)14-26(33(5,29)30)19-12-18(31-3)10-11-20(19)32-4/h6-12,15H,13-14H2,1-5H3,(H,24,28). The Kier molecular flexibility index (Phi) is 8.95. The first kappa shape index (κ1) is 26.3. The zero-order valence-corrected chi connectivity index (χ0v) is 20.7. The molecule has 0 aromatic heterocycles. The van der Waals surface area contributed by atoms with Crippen molar-refractivity contribution in [2.24, 2.45) is 0 Å². The molecule has 2 amide bonds. The van der Waals surface area contributed by atoms with Crippen LogP contribution in [-0.4, -0.2) is 65.2 Å². The van der Waals surface area contributed by atoms with Crippen molar-refractivity contribution in [2.45, 2.75) is 19.5 Å². The molecule has 0 radical (unpaired) electrons. The van der Waals surface area contributed by atoms with Gasteiger partial charge in [0, 0.05) is 24.7 Å². The molecule has 0 bridgehead atoms. The molecule has 0 fully saturated rings. The predicted molar refractivity (Wildman–Crippen MR) is 127 cm³/mol. The van der Waals surface area contributed by atoms with E-state index < -0.39 is 28.5 Å². The van der Waals surface area contributed by atoms with Crippen molar-refractivity contribution in [1.29, 1.82) is 0 Å². The summed E-state index contributed by atoms with van der Waals surface area (Å²) in [4.78, 5) is 27.1. The molecule has 2 rings (SSSR count). The third-order valence-electron chi connectivity index (χ3n) is 5.01. The minimum Gasteiger partial charge on any atom is -0.497 e. The quantitative estimate of drug-likeness (QED) is 0.540. The summed E-state index contributed by atoms with van der Waals surface area (Å²) < 4.78 is 36.8. The molecular weight excluding hydrogens is 470 g/mol. The number of carbonyl (C=O) groups excluding carboxylic acids is 2. The van der Waals surface area contributed by atoms with E-state index >= 15 is 0 Å². The molecule has 2 aromatic rings. The molecule has 0 heterocycles. The Morgan fingerprint density at radius 2 is 1.73 bits per heavy atom. The van der Waals surface area contributed by atoms with Gasteiger partial charge in [-0.1, -0.05) is 23.7 Å². The van der Waals surface area contributed by atoms with Crippen LogP contribution < -0.4 is 19.1 Å². The lowest BCUT2D eigenvalue weighted by Crippen LogP contribution is -2.50. The van der Waals surface area contributed by atoms with Crippen LogP contribution in [0.1, 0.15) is 12.5 Å². The first-order chi connectivity index (χ1) is 15.5. The Balaban J connectivity index is 2.46. The Labute approximate surface area is 199 Å². The smallest absolute Gasteiger partial charge is 0.244 e. The van der Waals surface area contributed by atoms with Crippen molar-refractivity contribution < 1.29 is 27.5 Å². The molecular formula is C22H28ClN3O6S. The van der Waals surface area contributed by atoms with Crippen molar-refractivity contribution in [2.75, 3.05) is 38.4 Å². The van der Waals surface area contributed by atoms with Gasteiger partial charge < -0.3 is 19.7 Å². The minimum atomic E-state index is -3.90. The van der Waals surface area contributed by atoms with Gasteiger partial charge in [0.05, 0.1) is 26.2 Å². The van der Waals surface area contributed by atoms with E-state index in [1.54, 1.807) is 43.3 Å². The lowest BCUT2D eigenvalue weighted by Gasteiger charge is -2.31. The Morgan fingerprint density at radius 1 is 1.09 bits per heavy atom. The Morgan fingerprint density at radius 3 is 2.24 bits per heavy atom. The SMILES string of the molecule is CNC(=O)C(C)N(Cc1ccc(Cl)cc1)C(=O)CN(c1cc(OC)ccc1OC)S(C)(=O)=O.